The van der Waals surface area contributed by atoms with Gasteiger partial charge in [0.2, 0.25) is 0 Å². The largest absolute Gasteiger partial charge is 0.304 e. The lowest BCUT2D eigenvalue weighted by atomic mass is 9.88. The van der Waals surface area contributed by atoms with Crippen LogP contribution in [0.1, 0.15) is 28.7 Å². The third-order valence-corrected chi connectivity index (χ3v) is 3.93. The van der Waals surface area contributed by atoms with Crippen molar-refractivity contribution in [1.29, 1.82) is 5.41 Å². The quantitative estimate of drug-likeness (QED) is 0.778. The van der Waals surface area contributed by atoms with Crippen LogP contribution in [0.2, 0.25) is 0 Å². The Kier molecular flexibility index (Phi) is 3.57. The fraction of sp³-hybridized carbons (Fsp3) is 0.150. The summed E-state index contributed by atoms with van der Waals surface area (Å²) in [5.74, 6) is 0. The van der Waals surface area contributed by atoms with E-state index < -0.39 is 0 Å². The van der Waals surface area contributed by atoms with Gasteiger partial charge in [0.25, 0.3) is 0 Å². The third-order valence-electron chi connectivity index (χ3n) is 3.93. The van der Waals surface area contributed by atoms with Crippen LogP contribution in [-0.4, -0.2) is 5.71 Å². The van der Waals surface area contributed by atoms with Crippen LogP contribution in [0, 0.1) is 19.3 Å². The van der Waals surface area contributed by atoms with Crippen LogP contribution in [0.25, 0.3) is 11.1 Å². The molecule has 0 amide bonds. The predicted molar refractivity (Wildman–Crippen MR) is 90.7 cm³/mol. The van der Waals surface area contributed by atoms with E-state index in [2.05, 4.69) is 74.5 Å². The molecule has 0 aromatic heterocycles. The van der Waals surface area contributed by atoms with Crippen molar-refractivity contribution in [2.75, 3.05) is 0 Å². The molecule has 0 saturated heterocycles. The highest BCUT2D eigenvalue weighted by Crippen LogP contribution is 2.29. The Balaban J connectivity index is 1.93. The second-order valence-corrected chi connectivity index (χ2v) is 5.66. The van der Waals surface area contributed by atoms with E-state index in [1.165, 1.54) is 22.3 Å². The predicted octanol–water partition coefficient (Wildman–Crippen LogP) is 5.19. The second kappa shape index (κ2) is 5.53. The van der Waals surface area contributed by atoms with Crippen molar-refractivity contribution in [3.8, 4) is 0 Å². The van der Waals surface area contributed by atoms with Gasteiger partial charge in [-0.05, 0) is 30.5 Å². The Morgan fingerprint density at radius 1 is 0.714 bits per heavy atom. The minimum absolute atomic E-state index is 0.692. The summed E-state index contributed by atoms with van der Waals surface area (Å²) in [6.45, 7) is 4.18. The molecule has 0 radical (unpaired) electrons. The zero-order valence-corrected chi connectivity index (χ0v) is 12.5. The maximum atomic E-state index is 8.35. The van der Waals surface area contributed by atoms with Gasteiger partial charge in [-0.1, -0.05) is 71.8 Å². The average molecular weight is 273 g/mol. The number of benzene rings is 2. The number of hydrogen-bond donors (Lipinski definition) is 1. The molecule has 1 N–H and O–H groups in total. The number of nitrogens with one attached hydrogen (secondary N) is 1. The van der Waals surface area contributed by atoms with E-state index in [1.54, 1.807) is 0 Å². The topological polar surface area (TPSA) is 23.9 Å². The van der Waals surface area contributed by atoms with E-state index in [-0.39, 0.29) is 0 Å². The molecule has 104 valence electrons. The third kappa shape index (κ3) is 2.87. The summed E-state index contributed by atoms with van der Waals surface area (Å²) >= 11 is 0. The van der Waals surface area contributed by atoms with Crippen LogP contribution in [0.4, 0.5) is 0 Å². The lowest BCUT2D eigenvalue weighted by Crippen LogP contribution is -2.06. The fourth-order valence-electron chi connectivity index (χ4n) is 2.60. The van der Waals surface area contributed by atoms with Crippen LogP contribution in [-0.2, 0) is 0 Å². The zero-order valence-electron chi connectivity index (χ0n) is 12.5. The van der Waals surface area contributed by atoms with Gasteiger partial charge < -0.3 is 5.41 Å². The monoisotopic (exact) mass is 273 g/mol. The van der Waals surface area contributed by atoms with Gasteiger partial charge in [-0.2, -0.15) is 0 Å². The fourth-order valence-corrected chi connectivity index (χ4v) is 2.60. The summed E-state index contributed by atoms with van der Waals surface area (Å²) in [5.41, 5.74) is 7.80. The Morgan fingerprint density at radius 3 is 1.76 bits per heavy atom. The second-order valence-electron chi connectivity index (χ2n) is 5.66. The highest BCUT2D eigenvalue weighted by atomic mass is 14.4. The Bertz CT molecular complexity index is 728. The highest BCUT2D eigenvalue weighted by Gasteiger charge is 2.15. The maximum Gasteiger partial charge on any atom is 0.0436 e. The Hall–Kier alpha value is -2.41. The van der Waals surface area contributed by atoms with E-state index in [4.69, 9.17) is 5.41 Å². The molecule has 0 heterocycles. The van der Waals surface area contributed by atoms with E-state index in [9.17, 15) is 0 Å². The summed E-state index contributed by atoms with van der Waals surface area (Å²) in [7, 11) is 0. The summed E-state index contributed by atoms with van der Waals surface area (Å²) in [6.07, 6.45) is 4.92. The van der Waals surface area contributed by atoms with Crippen LogP contribution in [0.15, 0.2) is 60.7 Å². The van der Waals surface area contributed by atoms with E-state index in [0.717, 1.165) is 11.1 Å². The van der Waals surface area contributed by atoms with Crippen molar-refractivity contribution < 1.29 is 0 Å². The zero-order chi connectivity index (χ0) is 14.8. The van der Waals surface area contributed by atoms with Crippen molar-refractivity contribution in [3.05, 3.63) is 82.9 Å². The minimum atomic E-state index is 0.692. The van der Waals surface area contributed by atoms with Gasteiger partial charge in [-0.3, -0.25) is 0 Å². The molecule has 21 heavy (non-hydrogen) atoms. The van der Waals surface area contributed by atoms with Crippen molar-refractivity contribution in [3.63, 3.8) is 0 Å². The first-order chi connectivity index (χ1) is 10.1. The molecule has 1 aliphatic rings. The number of aryl methyl sites for hydroxylation is 2. The summed E-state index contributed by atoms with van der Waals surface area (Å²) in [4.78, 5) is 0. The van der Waals surface area contributed by atoms with Crippen LogP contribution >= 0.6 is 0 Å². The molecule has 2 aromatic rings. The molecule has 0 fully saturated rings. The average Bonchev–Trinajstić information content (AvgIpc) is 2.49. The molecule has 0 atom stereocenters. The van der Waals surface area contributed by atoms with Gasteiger partial charge in [0.1, 0.15) is 0 Å². The molecule has 3 rings (SSSR count). The van der Waals surface area contributed by atoms with Crippen molar-refractivity contribution >= 4 is 16.9 Å². The number of rotatable bonds is 2. The molecule has 0 unspecified atom stereocenters. The van der Waals surface area contributed by atoms with E-state index in [1.807, 2.05) is 0 Å². The number of allylic oxidation sites excluding steroid dienone is 4. The first kappa shape index (κ1) is 13.6. The van der Waals surface area contributed by atoms with Gasteiger partial charge >= 0.3 is 0 Å². The standard InChI is InChI=1S/C20H19N/c1-14-3-7-16(8-4-14)18-11-12-19(20(21)13-18)17-9-5-15(2)6-10-17/h3-12,21H,13H2,1-2H3. The highest BCUT2D eigenvalue weighted by molar-refractivity contribution is 6.26. The van der Waals surface area contributed by atoms with Gasteiger partial charge in [0, 0.05) is 17.7 Å². The molecule has 0 saturated carbocycles. The van der Waals surface area contributed by atoms with Crippen LogP contribution in [0.3, 0.4) is 0 Å². The first-order valence-electron chi connectivity index (χ1n) is 7.26. The van der Waals surface area contributed by atoms with Crippen molar-refractivity contribution in [2.24, 2.45) is 0 Å². The van der Waals surface area contributed by atoms with Crippen LogP contribution < -0.4 is 0 Å². The van der Waals surface area contributed by atoms with Crippen molar-refractivity contribution in [2.45, 2.75) is 20.3 Å². The first-order valence-corrected chi connectivity index (χ1v) is 7.26. The maximum absolute atomic E-state index is 8.35. The Morgan fingerprint density at radius 2 is 1.24 bits per heavy atom. The molecular weight excluding hydrogens is 254 g/mol. The van der Waals surface area contributed by atoms with Gasteiger partial charge in [0.15, 0.2) is 0 Å². The molecule has 0 aliphatic heterocycles. The van der Waals surface area contributed by atoms with Gasteiger partial charge in [-0.25, -0.2) is 0 Å². The molecule has 0 spiro atoms. The molecule has 2 aromatic carbocycles. The molecule has 1 nitrogen and oxygen atoms in total. The van der Waals surface area contributed by atoms with Crippen molar-refractivity contribution in [1.82, 2.24) is 0 Å². The molecule has 0 bridgehead atoms. The minimum Gasteiger partial charge on any atom is -0.304 e. The lowest BCUT2D eigenvalue weighted by Gasteiger charge is -2.17. The normalized spacial score (nSPS) is 14.7. The van der Waals surface area contributed by atoms with E-state index in [0.29, 0.717) is 12.1 Å². The van der Waals surface area contributed by atoms with E-state index >= 15 is 0 Å². The molecule has 1 heteroatoms. The van der Waals surface area contributed by atoms with Gasteiger partial charge in [-0.15, -0.1) is 0 Å². The SMILES string of the molecule is Cc1ccc(C2=CC=C(c3ccc(C)cc3)C(=N)C2)cc1. The Labute approximate surface area is 126 Å². The molecule has 1 aliphatic carbocycles. The smallest absolute Gasteiger partial charge is 0.0436 e. The summed E-state index contributed by atoms with van der Waals surface area (Å²) < 4.78 is 0. The number of hydrogen-bond acceptors (Lipinski definition) is 1. The van der Waals surface area contributed by atoms with Crippen LogP contribution in [0.5, 0.6) is 0 Å². The van der Waals surface area contributed by atoms with Gasteiger partial charge in [0.05, 0.1) is 0 Å². The molecular formula is C20H19N. The summed E-state index contributed by atoms with van der Waals surface area (Å²) in [6, 6.07) is 16.9. The lowest BCUT2D eigenvalue weighted by molar-refractivity contribution is 1.35. The summed E-state index contributed by atoms with van der Waals surface area (Å²) in [5, 5.41) is 8.35.